The average Bonchev–Trinajstić information content (AvgIpc) is 2.71. The minimum Gasteiger partial charge on any atom is -0.383 e. The molecule has 0 aliphatic carbocycles. The monoisotopic (exact) mass is 550 g/mol. The van der Waals surface area contributed by atoms with Crippen LogP contribution in [0.15, 0.2) is 52.4 Å². The summed E-state index contributed by atoms with van der Waals surface area (Å²) in [6, 6.07) is 11.6. The van der Waals surface area contributed by atoms with Crippen molar-refractivity contribution in [1.82, 2.24) is 15.4 Å². The summed E-state index contributed by atoms with van der Waals surface area (Å²) in [6.45, 7) is 3.23. The SMILES string of the molecule is CN=C(NCc1ccc(S(=O)(=O)NCCOC)cc1)NCc1ccc(F)c(C)c1.I. The number of nitrogens with zero attached hydrogens (tertiary/aromatic N) is 1. The van der Waals surface area contributed by atoms with Gasteiger partial charge in [-0.2, -0.15) is 0 Å². The third-order valence-electron chi connectivity index (χ3n) is 4.20. The van der Waals surface area contributed by atoms with Crippen LogP contribution in [0.5, 0.6) is 0 Å². The van der Waals surface area contributed by atoms with Gasteiger partial charge in [-0.25, -0.2) is 17.5 Å². The Labute approximate surface area is 194 Å². The molecule has 7 nitrogen and oxygen atoms in total. The third kappa shape index (κ3) is 8.17. The number of methoxy groups -OCH3 is 1. The van der Waals surface area contributed by atoms with Crippen molar-refractivity contribution < 1.29 is 17.5 Å². The van der Waals surface area contributed by atoms with Crippen LogP contribution in [0, 0.1) is 12.7 Å². The summed E-state index contributed by atoms with van der Waals surface area (Å²) < 4.78 is 45.0. The predicted octanol–water partition coefficient (Wildman–Crippen LogP) is 2.54. The Bertz CT molecular complexity index is 938. The summed E-state index contributed by atoms with van der Waals surface area (Å²) >= 11 is 0. The number of aryl methyl sites for hydroxylation is 1. The molecule has 0 aliphatic rings. The van der Waals surface area contributed by atoms with Crippen LogP contribution in [0.2, 0.25) is 0 Å². The fraction of sp³-hybridized carbons (Fsp3) is 0.350. The zero-order valence-corrected chi connectivity index (χ0v) is 20.4. The molecule has 0 bridgehead atoms. The van der Waals surface area contributed by atoms with Gasteiger partial charge in [-0.3, -0.25) is 4.99 Å². The number of rotatable bonds is 9. The second-order valence-corrected chi connectivity index (χ2v) is 8.16. The van der Waals surface area contributed by atoms with Gasteiger partial charge in [0, 0.05) is 33.8 Å². The first-order valence-electron chi connectivity index (χ1n) is 9.13. The van der Waals surface area contributed by atoms with Gasteiger partial charge in [-0.1, -0.05) is 24.3 Å². The minimum absolute atomic E-state index is 0. The topological polar surface area (TPSA) is 91.8 Å². The summed E-state index contributed by atoms with van der Waals surface area (Å²) in [5.74, 6) is 0.362. The highest BCUT2D eigenvalue weighted by Crippen LogP contribution is 2.11. The van der Waals surface area contributed by atoms with Gasteiger partial charge in [0.2, 0.25) is 10.0 Å². The van der Waals surface area contributed by atoms with Gasteiger partial charge in [0.15, 0.2) is 5.96 Å². The van der Waals surface area contributed by atoms with E-state index in [2.05, 4.69) is 20.3 Å². The molecule has 10 heteroatoms. The van der Waals surface area contributed by atoms with Gasteiger partial charge in [0.05, 0.1) is 11.5 Å². The molecular formula is C20H28FIN4O3S. The number of ether oxygens (including phenoxy) is 1. The number of nitrogens with one attached hydrogen (secondary N) is 3. The predicted molar refractivity (Wildman–Crippen MR) is 127 cm³/mol. The highest BCUT2D eigenvalue weighted by molar-refractivity contribution is 14.0. The molecule has 0 aromatic heterocycles. The Hall–Kier alpha value is -1.76. The molecule has 0 aliphatic heterocycles. The molecule has 0 amide bonds. The zero-order chi connectivity index (χ0) is 21.3. The summed E-state index contributed by atoms with van der Waals surface area (Å²) in [5.41, 5.74) is 2.45. The van der Waals surface area contributed by atoms with Crippen molar-refractivity contribution in [2.45, 2.75) is 24.9 Å². The summed E-state index contributed by atoms with van der Waals surface area (Å²) in [4.78, 5) is 4.36. The highest BCUT2D eigenvalue weighted by atomic mass is 127. The summed E-state index contributed by atoms with van der Waals surface area (Å²) in [5, 5.41) is 6.33. The molecule has 2 aromatic rings. The van der Waals surface area contributed by atoms with Crippen LogP contribution in [0.1, 0.15) is 16.7 Å². The Kier molecular flexibility index (Phi) is 11.2. The molecule has 0 saturated heterocycles. The number of guanidine groups is 1. The van der Waals surface area contributed by atoms with Crippen LogP contribution in [-0.4, -0.2) is 41.7 Å². The average molecular weight is 550 g/mol. The van der Waals surface area contributed by atoms with Crippen LogP contribution in [0.4, 0.5) is 4.39 Å². The Morgan fingerprint density at radius 3 is 2.23 bits per heavy atom. The first-order chi connectivity index (χ1) is 13.9. The smallest absolute Gasteiger partial charge is 0.240 e. The molecule has 0 saturated carbocycles. The first-order valence-corrected chi connectivity index (χ1v) is 10.6. The van der Waals surface area contributed by atoms with E-state index in [0.717, 1.165) is 11.1 Å². The normalized spacial score (nSPS) is 11.7. The van der Waals surface area contributed by atoms with Crippen molar-refractivity contribution in [2.24, 2.45) is 4.99 Å². The molecule has 0 spiro atoms. The van der Waals surface area contributed by atoms with E-state index in [0.29, 0.717) is 31.2 Å². The molecule has 166 valence electrons. The number of sulfonamides is 1. The van der Waals surface area contributed by atoms with Crippen molar-refractivity contribution >= 4 is 40.0 Å². The van der Waals surface area contributed by atoms with E-state index in [1.165, 1.54) is 13.2 Å². The Balaban J connectivity index is 0.00000450. The molecule has 30 heavy (non-hydrogen) atoms. The van der Waals surface area contributed by atoms with E-state index >= 15 is 0 Å². The number of hydrogen-bond donors (Lipinski definition) is 3. The van der Waals surface area contributed by atoms with E-state index < -0.39 is 10.0 Å². The van der Waals surface area contributed by atoms with Crippen LogP contribution in [-0.2, 0) is 27.8 Å². The van der Waals surface area contributed by atoms with Gasteiger partial charge in [-0.05, 0) is 41.8 Å². The van der Waals surface area contributed by atoms with Gasteiger partial charge in [0.25, 0.3) is 0 Å². The molecule has 0 unspecified atom stereocenters. The Morgan fingerprint density at radius 1 is 1.07 bits per heavy atom. The third-order valence-corrected chi connectivity index (χ3v) is 5.67. The van der Waals surface area contributed by atoms with E-state index in [-0.39, 0.29) is 41.2 Å². The molecule has 0 heterocycles. The molecule has 2 rings (SSSR count). The minimum atomic E-state index is -3.54. The standard InChI is InChI=1S/C20H27FN4O3S.HI/c1-15-12-17(6-9-19(15)21)14-24-20(22-2)23-13-16-4-7-18(8-5-16)29(26,27)25-10-11-28-3;/h4-9,12,25H,10-11,13-14H2,1-3H3,(H2,22,23,24);1H. The molecule has 0 fully saturated rings. The lowest BCUT2D eigenvalue weighted by Gasteiger charge is -2.13. The second-order valence-electron chi connectivity index (χ2n) is 6.40. The molecular weight excluding hydrogens is 522 g/mol. The summed E-state index contributed by atoms with van der Waals surface area (Å²) in [7, 11) is -0.372. The van der Waals surface area contributed by atoms with E-state index in [4.69, 9.17) is 4.74 Å². The molecule has 0 radical (unpaired) electrons. The van der Waals surface area contributed by atoms with Crippen LogP contribution in [0.3, 0.4) is 0 Å². The van der Waals surface area contributed by atoms with Gasteiger partial charge in [0.1, 0.15) is 5.82 Å². The largest absolute Gasteiger partial charge is 0.383 e. The lowest BCUT2D eigenvalue weighted by Crippen LogP contribution is -2.36. The highest BCUT2D eigenvalue weighted by Gasteiger charge is 2.12. The number of hydrogen-bond acceptors (Lipinski definition) is 4. The fourth-order valence-corrected chi connectivity index (χ4v) is 3.57. The maximum atomic E-state index is 13.3. The van der Waals surface area contributed by atoms with Gasteiger partial charge >= 0.3 is 0 Å². The van der Waals surface area contributed by atoms with Crippen molar-refractivity contribution in [3.05, 3.63) is 65.0 Å². The quantitative estimate of drug-likeness (QED) is 0.193. The molecule has 0 atom stereocenters. The maximum Gasteiger partial charge on any atom is 0.240 e. The van der Waals surface area contributed by atoms with Crippen molar-refractivity contribution in [1.29, 1.82) is 0 Å². The van der Waals surface area contributed by atoms with Gasteiger partial charge < -0.3 is 15.4 Å². The Morgan fingerprint density at radius 2 is 1.67 bits per heavy atom. The second kappa shape index (κ2) is 12.8. The lowest BCUT2D eigenvalue weighted by atomic mass is 10.1. The summed E-state index contributed by atoms with van der Waals surface area (Å²) in [6.07, 6.45) is 0. The van der Waals surface area contributed by atoms with Gasteiger partial charge in [-0.15, -0.1) is 24.0 Å². The van der Waals surface area contributed by atoms with Crippen LogP contribution in [0.25, 0.3) is 0 Å². The van der Waals surface area contributed by atoms with E-state index in [1.807, 2.05) is 0 Å². The van der Waals surface area contributed by atoms with E-state index in [9.17, 15) is 12.8 Å². The van der Waals surface area contributed by atoms with Crippen LogP contribution >= 0.6 is 24.0 Å². The lowest BCUT2D eigenvalue weighted by molar-refractivity contribution is 0.204. The van der Waals surface area contributed by atoms with Crippen LogP contribution < -0.4 is 15.4 Å². The molecule has 3 N–H and O–H groups in total. The fourth-order valence-electron chi connectivity index (χ4n) is 2.56. The number of halogens is 2. The van der Waals surface area contributed by atoms with Crippen molar-refractivity contribution in [2.75, 3.05) is 27.3 Å². The first kappa shape index (κ1) is 26.3. The van der Waals surface area contributed by atoms with Crippen molar-refractivity contribution in [3.8, 4) is 0 Å². The van der Waals surface area contributed by atoms with E-state index in [1.54, 1.807) is 50.4 Å². The molecule has 2 aromatic carbocycles. The number of benzene rings is 2. The zero-order valence-electron chi connectivity index (χ0n) is 17.2. The van der Waals surface area contributed by atoms with Crippen molar-refractivity contribution in [3.63, 3.8) is 0 Å². The number of aliphatic imine (C=N–C) groups is 1. The maximum absolute atomic E-state index is 13.3.